The molecule has 2 rings (SSSR count). The highest BCUT2D eigenvalue weighted by Gasteiger charge is 2.14. The summed E-state index contributed by atoms with van der Waals surface area (Å²) < 4.78 is 5.22. The normalized spacial score (nSPS) is 10.7. The van der Waals surface area contributed by atoms with Crippen molar-refractivity contribution in [3.63, 3.8) is 0 Å². The molecule has 1 aromatic carbocycles. The maximum atomic E-state index is 11.0. The van der Waals surface area contributed by atoms with Crippen molar-refractivity contribution in [3.8, 4) is 0 Å². The van der Waals surface area contributed by atoms with E-state index >= 15 is 0 Å². The number of carbonyl (C=O) groups is 1. The van der Waals surface area contributed by atoms with Gasteiger partial charge in [-0.2, -0.15) is 0 Å². The molecule has 0 aliphatic heterocycles. The van der Waals surface area contributed by atoms with Crippen LogP contribution in [0.1, 0.15) is 21.5 Å². The summed E-state index contributed by atoms with van der Waals surface area (Å²) in [6.07, 6.45) is 1.57. The molecular formula is C11H10O3. The van der Waals surface area contributed by atoms with Crippen LogP contribution in [0.15, 0.2) is 22.8 Å². The molecule has 0 atom stereocenters. The zero-order valence-electron chi connectivity index (χ0n) is 8.00. The Labute approximate surface area is 81.0 Å². The molecule has 0 radical (unpaired) electrons. The van der Waals surface area contributed by atoms with Crippen molar-refractivity contribution in [2.75, 3.05) is 0 Å². The van der Waals surface area contributed by atoms with Gasteiger partial charge in [-0.15, -0.1) is 0 Å². The highest BCUT2D eigenvalue weighted by molar-refractivity contribution is 5.97. The van der Waals surface area contributed by atoms with E-state index in [1.165, 1.54) is 0 Å². The first-order chi connectivity index (χ1) is 6.61. The first-order valence-corrected chi connectivity index (χ1v) is 4.32. The van der Waals surface area contributed by atoms with Crippen molar-refractivity contribution >= 4 is 16.9 Å². The number of benzene rings is 1. The minimum Gasteiger partial charge on any atom is -0.478 e. The van der Waals surface area contributed by atoms with Gasteiger partial charge in [0, 0.05) is 5.39 Å². The van der Waals surface area contributed by atoms with E-state index in [9.17, 15) is 4.79 Å². The maximum Gasteiger partial charge on any atom is 0.336 e. The minimum atomic E-state index is -0.886. The lowest BCUT2D eigenvalue weighted by Gasteiger charge is -2.05. The minimum absolute atomic E-state index is 0.374. The van der Waals surface area contributed by atoms with Gasteiger partial charge in [0.05, 0.1) is 11.8 Å². The largest absolute Gasteiger partial charge is 0.478 e. The lowest BCUT2D eigenvalue weighted by atomic mass is 10.00. The van der Waals surface area contributed by atoms with Gasteiger partial charge < -0.3 is 9.52 Å². The Kier molecular flexibility index (Phi) is 1.81. The zero-order chi connectivity index (χ0) is 10.3. The summed E-state index contributed by atoms with van der Waals surface area (Å²) in [7, 11) is 0. The van der Waals surface area contributed by atoms with E-state index in [0.29, 0.717) is 5.56 Å². The molecule has 0 unspecified atom stereocenters. The van der Waals surface area contributed by atoms with Crippen LogP contribution in [0.4, 0.5) is 0 Å². The molecule has 0 aliphatic carbocycles. The van der Waals surface area contributed by atoms with Gasteiger partial charge in [-0.05, 0) is 37.1 Å². The van der Waals surface area contributed by atoms with Gasteiger partial charge in [0.2, 0.25) is 0 Å². The van der Waals surface area contributed by atoms with E-state index in [-0.39, 0.29) is 0 Å². The van der Waals surface area contributed by atoms with Gasteiger partial charge in [-0.3, -0.25) is 0 Å². The summed E-state index contributed by atoms with van der Waals surface area (Å²) in [6.45, 7) is 3.58. The number of furan rings is 1. The molecule has 1 aromatic heterocycles. The second-order valence-electron chi connectivity index (χ2n) is 3.33. The summed E-state index contributed by atoms with van der Waals surface area (Å²) in [5.74, 6) is -0.886. The average Bonchev–Trinajstić information content (AvgIpc) is 2.50. The number of aromatic carboxylic acids is 1. The van der Waals surface area contributed by atoms with Gasteiger partial charge >= 0.3 is 5.97 Å². The molecular weight excluding hydrogens is 180 g/mol. The van der Waals surface area contributed by atoms with Crippen LogP contribution in [-0.2, 0) is 0 Å². The Morgan fingerprint density at radius 2 is 2.14 bits per heavy atom. The van der Waals surface area contributed by atoms with Crippen LogP contribution in [0.25, 0.3) is 11.0 Å². The number of aryl methyl sites for hydroxylation is 2. The van der Waals surface area contributed by atoms with Crippen molar-refractivity contribution in [2.24, 2.45) is 0 Å². The molecule has 3 nitrogen and oxygen atoms in total. The molecule has 1 heterocycles. The Balaban J connectivity index is 2.89. The van der Waals surface area contributed by atoms with Gasteiger partial charge in [0.25, 0.3) is 0 Å². The van der Waals surface area contributed by atoms with Gasteiger partial charge in [0.15, 0.2) is 0 Å². The van der Waals surface area contributed by atoms with E-state index in [1.54, 1.807) is 32.2 Å². The third-order valence-electron chi connectivity index (χ3n) is 2.43. The molecule has 2 aromatic rings. The first kappa shape index (κ1) is 8.81. The monoisotopic (exact) mass is 190 g/mol. The molecule has 0 saturated heterocycles. The van der Waals surface area contributed by atoms with Crippen LogP contribution in [0.5, 0.6) is 0 Å². The number of carboxylic acids is 1. The number of hydrogen-bond donors (Lipinski definition) is 1. The molecule has 0 spiro atoms. The molecule has 0 aliphatic rings. The number of carboxylic acid groups (broad SMARTS) is 1. The predicted octanol–water partition coefficient (Wildman–Crippen LogP) is 2.75. The lowest BCUT2D eigenvalue weighted by molar-refractivity contribution is 0.0695. The van der Waals surface area contributed by atoms with E-state index in [1.807, 2.05) is 0 Å². The average molecular weight is 190 g/mol. The Hall–Kier alpha value is -1.77. The number of fused-ring (bicyclic) bond motifs is 1. The Morgan fingerprint density at radius 3 is 2.79 bits per heavy atom. The van der Waals surface area contributed by atoms with Gasteiger partial charge in [0.1, 0.15) is 5.58 Å². The third kappa shape index (κ3) is 1.09. The fourth-order valence-electron chi connectivity index (χ4n) is 1.77. The topological polar surface area (TPSA) is 50.4 Å². The fourth-order valence-corrected chi connectivity index (χ4v) is 1.77. The number of hydrogen-bond acceptors (Lipinski definition) is 2. The van der Waals surface area contributed by atoms with Crippen LogP contribution in [0.3, 0.4) is 0 Å². The van der Waals surface area contributed by atoms with Crippen molar-refractivity contribution < 1.29 is 14.3 Å². The number of rotatable bonds is 1. The molecule has 1 N–H and O–H groups in total. The van der Waals surface area contributed by atoms with Crippen LogP contribution in [0.2, 0.25) is 0 Å². The first-order valence-electron chi connectivity index (χ1n) is 4.32. The Morgan fingerprint density at radius 1 is 1.43 bits per heavy atom. The summed E-state index contributed by atoms with van der Waals surface area (Å²) in [5.41, 5.74) is 2.61. The second-order valence-corrected chi connectivity index (χ2v) is 3.33. The van der Waals surface area contributed by atoms with Crippen LogP contribution in [-0.4, -0.2) is 11.1 Å². The van der Waals surface area contributed by atoms with E-state index in [4.69, 9.17) is 9.52 Å². The van der Waals surface area contributed by atoms with Gasteiger partial charge in [-0.1, -0.05) is 0 Å². The van der Waals surface area contributed by atoms with E-state index < -0.39 is 5.97 Å². The van der Waals surface area contributed by atoms with Crippen molar-refractivity contribution in [1.29, 1.82) is 0 Å². The van der Waals surface area contributed by atoms with Crippen LogP contribution >= 0.6 is 0 Å². The summed E-state index contributed by atoms with van der Waals surface area (Å²) in [6, 6.07) is 3.54. The molecule has 0 saturated carbocycles. The summed E-state index contributed by atoms with van der Waals surface area (Å²) in [5, 5.41) is 9.88. The fraction of sp³-hybridized carbons (Fsp3) is 0.182. The second kappa shape index (κ2) is 2.87. The zero-order valence-corrected chi connectivity index (χ0v) is 8.00. The molecule has 0 bridgehead atoms. The van der Waals surface area contributed by atoms with E-state index in [2.05, 4.69) is 0 Å². The van der Waals surface area contributed by atoms with Crippen LogP contribution in [0, 0.1) is 13.8 Å². The quantitative estimate of drug-likeness (QED) is 0.752. The maximum absolute atomic E-state index is 11.0. The predicted molar refractivity (Wildman–Crippen MR) is 52.6 cm³/mol. The SMILES string of the molecule is Cc1cc2occc2c(C)c1C(=O)O. The van der Waals surface area contributed by atoms with E-state index in [0.717, 1.165) is 22.1 Å². The molecule has 0 amide bonds. The highest BCUT2D eigenvalue weighted by Crippen LogP contribution is 2.25. The van der Waals surface area contributed by atoms with Crippen molar-refractivity contribution in [1.82, 2.24) is 0 Å². The molecule has 0 fully saturated rings. The van der Waals surface area contributed by atoms with Crippen molar-refractivity contribution in [3.05, 3.63) is 35.1 Å². The molecule has 14 heavy (non-hydrogen) atoms. The summed E-state index contributed by atoms with van der Waals surface area (Å²) in [4.78, 5) is 11.0. The third-order valence-corrected chi connectivity index (χ3v) is 2.43. The summed E-state index contributed by atoms with van der Waals surface area (Å²) >= 11 is 0. The standard InChI is InChI=1S/C11H10O3/c1-6-5-9-8(3-4-14-9)7(2)10(6)11(12)13/h3-5H,1-2H3,(H,12,13). The van der Waals surface area contributed by atoms with Gasteiger partial charge in [-0.25, -0.2) is 4.79 Å². The smallest absolute Gasteiger partial charge is 0.336 e. The van der Waals surface area contributed by atoms with Crippen LogP contribution < -0.4 is 0 Å². The highest BCUT2D eigenvalue weighted by atomic mass is 16.4. The van der Waals surface area contributed by atoms with Crippen molar-refractivity contribution in [2.45, 2.75) is 13.8 Å². The molecule has 72 valence electrons. The lowest BCUT2D eigenvalue weighted by Crippen LogP contribution is -2.02. The molecule has 3 heteroatoms. The Bertz CT molecular complexity index is 508.